The van der Waals surface area contributed by atoms with E-state index in [9.17, 15) is 14.0 Å². The molecule has 0 saturated carbocycles. The van der Waals surface area contributed by atoms with Gasteiger partial charge in [-0.3, -0.25) is 14.5 Å². The molecular formula is C31H36FN5O3. The molecule has 1 fully saturated rings. The second kappa shape index (κ2) is 13.4. The van der Waals surface area contributed by atoms with Gasteiger partial charge >= 0.3 is 0 Å². The number of rotatable bonds is 4. The molecule has 40 heavy (non-hydrogen) atoms. The fraction of sp³-hybridized carbons (Fsp3) is 0.387. The zero-order chi connectivity index (χ0) is 27.7. The third kappa shape index (κ3) is 7.15. The minimum Gasteiger partial charge on any atom is -0.491 e. The predicted octanol–water partition coefficient (Wildman–Crippen LogP) is 4.70. The van der Waals surface area contributed by atoms with Crippen LogP contribution < -0.4 is 10.1 Å². The number of para-hydroxylation sites is 2. The zero-order valence-corrected chi connectivity index (χ0v) is 22.7. The average Bonchev–Trinajstić information content (AvgIpc) is 2.98. The molecule has 2 aromatic carbocycles. The number of nitrogens with one attached hydrogen (secondary N) is 1. The number of pyridine rings is 1. The maximum atomic E-state index is 13.8. The van der Waals surface area contributed by atoms with Crippen LogP contribution in [0, 0.1) is 5.82 Å². The van der Waals surface area contributed by atoms with Crippen molar-refractivity contribution < 1.29 is 18.7 Å². The van der Waals surface area contributed by atoms with Gasteiger partial charge in [-0.15, -0.1) is 0 Å². The minimum atomic E-state index is -0.241. The Hall–Kier alpha value is -3.98. The SMILES string of the molecule is O=C(CN1CCCCCCOc2ccccc2Nc2ncccc2C1=O)N1CCN(Cc2ccc(F)cc2)CC1. The second-order valence-corrected chi connectivity index (χ2v) is 10.3. The van der Waals surface area contributed by atoms with E-state index in [1.807, 2.05) is 29.2 Å². The summed E-state index contributed by atoms with van der Waals surface area (Å²) in [7, 11) is 0. The van der Waals surface area contributed by atoms with Gasteiger partial charge in [-0.2, -0.15) is 0 Å². The highest BCUT2D eigenvalue weighted by atomic mass is 19.1. The molecule has 3 heterocycles. The molecular weight excluding hydrogens is 509 g/mol. The number of benzene rings is 2. The summed E-state index contributed by atoms with van der Waals surface area (Å²) in [6, 6.07) is 17.7. The van der Waals surface area contributed by atoms with Gasteiger partial charge in [0.05, 0.1) is 17.9 Å². The Morgan fingerprint density at radius 1 is 0.900 bits per heavy atom. The van der Waals surface area contributed by atoms with Crippen molar-refractivity contribution in [3.63, 3.8) is 0 Å². The molecule has 0 radical (unpaired) electrons. The van der Waals surface area contributed by atoms with Crippen molar-refractivity contribution in [3.05, 3.63) is 83.8 Å². The molecule has 2 aliphatic heterocycles. The van der Waals surface area contributed by atoms with E-state index in [0.717, 1.165) is 56.6 Å². The normalized spacial score (nSPS) is 17.2. The third-order valence-electron chi connectivity index (χ3n) is 7.42. The first-order chi connectivity index (χ1) is 19.6. The lowest BCUT2D eigenvalue weighted by atomic mass is 10.1. The number of carbonyl (C=O) groups excluding carboxylic acids is 2. The molecule has 0 unspecified atom stereocenters. The first-order valence-electron chi connectivity index (χ1n) is 14.0. The summed E-state index contributed by atoms with van der Waals surface area (Å²) in [5.41, 5.74) is 2.22. The molecule has 8 nitrogen and oxygen atoms in total. The van der Waals surface area contributed by atoms with Crippen LogP contribution in [0.2, 0.25) is 0 Å². The van der Waals surface area contributed by atoms with E-state index in [4.69, 9.17) is 4.74 Å². The van der Waals surface area contributed by atoms with Crippen LogP contribution in [-0.2, 0) is 11.3 Å². The first kappa shape index (κ1) is 27.6. The van der Waals surface area contributed by atoms with E-state index in [1.54, 1.807) is 35.4 Å². The maximum Gasteiger partial charge on any atom is 0.258 e. The van der Waals surface area contributed by atoms with Gasteiger partial charge in [0.25, 0.3) is 5.91 Å². The molecule has 3 aromatic rings. The first-order valence-corrected chi connectivity index (χ1v) is 14.0. The van der Waals surface area contributed by atoms with E-state index in [-0.39, 0.29) is 24.2 Å². The largest absolute Gasteiger partial charge is 0.491 e. The molecule has 5 rings (SSSR count). The number of piperazine rings is 1. The van der Waals surface area contributed by atoms with Crippen LogP contribution in [-0.4, -0.2) is 77.4 Å². The highest BCUT2D eigenvalue weighted by Crippen LogP contribution is 2.29. The molecule has 1 aromatic heterocycles. The maximum absolute atomic E-state index is 13.8. The van der Waals surface area contributed by atoms with E-state index in [2.05, 4.69) is 15.2 Å². The number of halogens is 1. The molecule has 2 amide bonds. The van der Waals surface area contributed by atoms with Crippen molar-refractivity contribution in [1.29, 1.82) is 0 Å². The molecule has 2 aliphatic rings. The molecule has 1 N–H and O–H groups in total. The van der Waals surface area contributed by atoms with Gasteiger partial charge in [-0.25, -0.2) is 9.37 Å². The minimum absolute atomic E-state index is 0.0326. The van der Waals surface area contributed by atoms with E-state index in [1.165, 1.54) is 12.1 Å². The Morgan fingerprint density at radius 2 is 1.68 bits per heavy atom. The topological polar surface area (TPSA) is 78.0 Å². The summed E-state index contributed by atoms with van der Waals surface area (Å²) in [6.45, 7) is 4.52. The number of ether oxygens (including phenoxy) is 1. The van der Waals surface area contributed by atoms with Gasteiger partial charge in [0.2, 0.25) is 5.91 Å². The predicted molar refractivity (Wildman–Crippen MR) is 152 cm³/mol. The van der Waals surface area contributed by atoms with Crippen molar-refractivity contribution in [2.75, 3.05) is 51.2 Å². The van der Waals surface area contributed by atoms with E-state index < -0.39 is 0 Å². The molecule has 0 spiro atoms. The number of hydrogen-bond acceptors (Lipinski definition) is 6. The van der Waals surface area contributed by atoms with E-state index >= 15 is 0 Å². The van der Waals surface area contributed by atoms with Gasteiger partial charge < -0.3 is 19.9 Å². The molecule has 9 heteroatoms. The molecule has 0 aliphatic carbocycles. The number of anilines is 2. The molecule has 0 bridgehead atoms. The van der Waals surface area contributed by atoms with Crippen LogP contribution >= 0.6 is 0 Å². The van der Waals surface area contributed by atoms with E-state index in [0.29, 0.717) is 43.4 Å². The van der Waals surface area contributed by atoms with Crippen LogP contribution in [0.3, 0.4) is 0 Å². The lowest BCUT2D eigenvalue weighted by Gasteiger charge is -2.36. The smallest absolute Gasteiger partial charge is 0.258 e. The number of carbonyl (C=O) groups is 2. The summed E-state index contributed by atoms with van der Waals surface area (Å²) in [4.78, 5) is 37.4. The monoisotopic (exact) mass is 545 g/mol. The summed E-state index contributed by atoms with van der Waals surface area (Å²) < 4.78 is 19.2. The Kier molecular flexibility index (Phi) is 9.23. The second-order valence-electron chi connectivity index (χ2n) is 10.3. The Bertz CT molecular complexity index is 1290. The van der Waals surface area contributed by atoms with Gasteiger partial charge in [0, 0.05) is 45.5 Å². The van der Waals surface area contributed by atoms with Crippen molar-refractivity contribution in [2.24, 2.45) is 0 Å². The lowest BCUT2D eigenvalue weighted by molar-refractivity contribution is -0.133. The number of hydrogen-bond donors (Lipinski definition) is 1. The standard InChI is InChI=1S/C31H36FN5O3/c32-25-13-11-24(12-14-25)22-35-17-19-36(20-18-35)29(38)23-37-16-5-1-2-6-21-40-28-10-4-3-9-27(28)34-30-26(31(37)39)8-7-15-33-30/h3-4,7-15H,1-2,5-6,16-23H2,(H,33,34). The number of nitrogens with zero attached hydrogens (tertiary/aromatic N) is 4. The van der Waals surface area contributed by atoms with Gasteiger partial charge in [-0.1, -0.05) is 37.1 Å². The Labute approximate surface area is 234 Å². The zero-order valence-electron chi connectivity index (χ0n) is 22.7. The number of fused-ring (bicyclic) bond motifs is 2. The lowest BCUT2D eigenvalue weighted by Crippen LogP contribution is -2.51. The van der Waals surface area contributed by atoms with Crippen LogP contribution in [0.5, 0.6) is 5.75 Å². The Morgan fingerprint density at radius 3 is 2.50 bits per heavy atom. The third-order valence-corrected chi connectivity index (χ3v) is 7.42. The summed E-state index contributed by atoms with van der Waals surface area (Å²) in [5, 5.41) is 3.29. The summed E-state index contributed by atoms with van der Waals surface area (Å²) in [6.07, 6.45) is 5.30. The summed E-state index contributed by atoms with van der Waals surface area (Å²) >= 11 is 0. The molecule has 210 valence electrons. The highest BCUT2D eigenvalue weighted by Gasteiger charge is 2.27. The highest BCUT2D eigenvalue weighted by molar-refractivity contribution is 6.01. The van der Waals surface area contributed by atoms with Crippen LogP contribution in [0.4, 0.5) is 15.9 Å². The van der Waals surface area contributed by atoms with Crippen LogP contribution in [0.25, 0.3) is 0 Å². The number of aromatic nitrogens is 1. The quantitative estimate of drug-likeness (QED) is 0.512. The van der Waals surface area contributed by atoms with Crippen molar-refractivity contribution in [1.82, 2.24) is 19.7 Å². The number of amides is 2. The van der Waals surface area contributed by atoms with Gasteiger partial charge in [-0.05, 0) is 54.8 Å². The Balaban J connectivity index is 1.26. The fourth-order valence-corrected chi connectivity index (χ4v) is 5.13. The van der Waals surface area contributed by atoms with Gasteiger partial charge in [0.15, 0.2) is 0 Å². The molecule has 0 atom stereocenters. The fourth-order valence-electron chi connectivity index (χ4n) is 5.13. The van der Waals surface area contributed by atoms with Crippen LogP contribution in [0.15, 0.2) is 66.9 Å². The summed E-state index contributed by atoms with van der Waals surface area (Å²) in [5.74, 6) is 0.651. The van der Waals surface area contributed by atoms with Crippen molar-refractivity contribution >= 4 is 23.3 Å². The average molecular weight is 546 g/mol. The molecule has 1 saturated heterocycles. The van der Waals surface area contributed by atoms with Crippen molar-refractivity contribution in [2.45, 2.75) is 32.2 Å². The van der Waals surface area contributed by atoms with Gasteiger partial charge in [0.1, 0.15) is 23.9 Å². The van der Waals surface area contributed by atoms with Crippen molar-refractivity contribution in [3.8, 4) is 5.75 Å². The van der Waals surface area contributed by atoms with Crippen LogP contribution in [0.1, 0.15) is 41.6 Å².